The summed E-state index contributed by atoms with van der Waals surface area (Å²) in [7, 11) is 0. The van der Waals surface area contributed by atoms with Crippen molar-refractivity contribution in [2.75, 3.05) is 44.2 Å². The Morgan fingerprint density at radius 2 is 1.47 bits per heavy atom. The predicted molar refractivity (Wildman–Crippen MR) is 222 cm³/mol. The zero-order valence-corrected chi connectivity index (χ0v) is 34.9. The van der Waals surface area contributed by atoms with Crippen LogP contribution in [-0.4, -0.2) is 114 Å². The predicted octanol–water partition coefficient (Wildman–Crippen LogP) is 4.65. The number of piperazine rings is 1. The topological polar surface area (TPSA) is 172 Å². The highest BCUT2D eigenvalue weighted by atomic mass is 35.5. The molecule has 1 saturated carbocycles. The van der Waals surface area contributed by atoms with Crippen molar-refractivity contribution >= 4 is 52.7 Å². The minimum atomic E-state index is -0.997. The van der Waals surface area contributed by atoms with E-state index in [2.05, 4.69) is 54.2 Å². The van der Waals surface area contributed by atoms with Gasteiger partial charge in [0, 0.05) is 91.5 Å². The van der Waals surface area contributed by atoms with Crippen LogP contribution >= 0.6 is 11.6 Å². The normalized spacial score (nSPS) is 24.0. The molecule has 15 heteroatoms. The fraction of sp³-hybridized carbons (Fsp3) is 0.444. The van der Waals surface area contributed by atoms with Crippen molar-refractivity contribution in [2.24, 2.45) is 10.8 Å². The van der Waals surface area contributed by atoms with Crippen LogP contribution in [0.2, 0.25) is 5.02 Å². The number of rotatable bonds is 8. The summed E-state index contributed by atoms with van der Waals surface area (Å²) in [5.74, 6) is -1.79. The molecule has 3 aromatic rings. The highest BCUT2D eigenvalue weighted by Gasteiger charge is 2.64. The van der Waals surface area contributed by atoms with E-state index in [0.29, 0.717) is 46.6 Å². The summed E-state index contributed by atoms with van der Waals surface area (Å²) in [4.78, 5) is 85.1. The quantitative estimate of drug-likeness (QED) is 0.305. The van der Waals surface area contributed by atoms with E-state index >= 15 is 0 Å². The second kappa shape index (κ2) is 15.7. The van der Waals surface area contributed by atoms with Crippen molar-refractivity contribution in [1.82, 2.24) is 25.3 Å². The number of anilines is 1. The van der Waals surface area contributed by atoms with Gasteiger partial charge in [-0.15, -0.1) is 0 Å². The van der Waals surface area contributed by atoms with Gasteiger partial charge < -0.3 is 19.9 Å². The number of nitrogens with zero attached hydrogens (tertiary/aromatic N) is 5. The number of nitriles is 1. The number of halogens is 1. The van der Waals surface area contributed by atoms with Crippen LogP contribution in [0.15, 0.2) is 60.7 Å². The van der Waals surface area contributed by atoms with Gasteiger partial charge in [-0.3, -0.25) is 43.9 Å². The Morgan fingerprint density at radius 1 is 0.817 bits per heavy atom. The molecule has 0 radical (unpaired) electrons. The molecule has 8 rings (SSSR count). The maximum Gasteiger partial charge on any atom is 0.262 e. The number of benzene rings is 3. The van der Waals surface area contributed by atoms with E-state index in [0.717, 1.165) is 49.6 Å². The Balaban J connectivity index is 0.806. The minimum absolute atomic E-state index is 0.0682. The van der Waals surface area contributed by atoms with Gasteiger partial charge in [-0.2, -0.15) is 5.26 Å². The van der Waals surface area contributed by atoms with Gasteiger partial charge in [-0.1, -0.05) is 39.3 Å². The molecule has 0 aromatic heterocycles. The third-order valence-corrected chi connectivity index (χ3v) is 13.5. The maximum absolute atomic E-state index is 13.6. The lowest BCUT2D eigenvalue weighted by molar-refractivity contribution is -0.164. The van der Waals surface area contributed by atoms with Crippen LogP contribution in [0.3, 0.4) is 0 Å². The molecule has 4 heterocycles. The number of imide groups is 2. The van der Waals surface area contributed by atoms with Crippen molar-refractivity contribution in [3.8, 4) is 11.8 Å². The van der Waals surface area contributed by atoms with E-state index in [-0.39, 0.29) is 47.9 Å². The average molecular weight is 834 g/mol. The molecule has 60 heavy (non-hydrogen) atoms. The molecule has 3 saturated heterocycles. The van der Waals surface area contributed by atoms with Crippen molar-refractivity contribution in [1.29, 1.82) is 5.26 Å². The number of ether oxygens (including phenoxy) is 1. The molecule has 1 unspecified atom stereocenters. The summed E-state index contributed by atoms with van der Waals surface area (Å²) in [5, 5.41) is 15.0. The first-order valence-electron chi connectivity index (χ1n) is 20.5. The summed E-state index contributed by atoms with van der Waals surface area (Å²) in [6.45, 7) is 12.4. The van der Waals surface area contributed by atoms with Gasteiger partial charge in [-0.25, -0.2) is 0 Å². The zero-order chi connectivity index (χ0) is 42.7. The van der Waals surface area contributed by atoms with Crippen molar-refractivity contribution in [3.05, 3.63) is 93.5 Å². The van der Waals surface area contributed by atoms with Crippen LogP contribution in [0, 0.1) is 22.2 Å². The molecule has 4 fully saturated rings. The highest BCUT2D eigenvalue weighted by Crippen LogP contribution is 2.55. The lowest BCUT2D eigenvalue weighted by atomic mass is 9.49. The number of carbonyl (C=O) groups excluding carboxylic acids is 6. The minimum Gasteiger partial charge on any atom is -0.489 e. The van der Waals surface area contributed by atoms with Crippen LogP contribution in [0.5, 0.6) is 5.75 Å². The van der Waals surface area contributed by atoms with Crippen molar-refractivity contribution in [2.45, 2.75) is 77.6 Å². The third-order valence-electron chi connectivity index (χ3n) is 13.2. The number of nitrogens with one attached hydrogen (secondary N) is 2. The van der Waals surface area contributed by atoms with Gasteiger partial charge in [0.25, 0.3) is 23.6 Å². The average Bonchev–Trinajstić information content (AvgIpc) is 3.49. The van der Waals surface area contributed by atoms with E-state index in [1.807, 2.05) is 11.0 Å². The van der Waals surface area contributed by atoms with E-state index in [1.165, 1.54) is 0 Å². The van der Waals surface area contributed by atoms with Crippen LogP contribution in [-0.2, 0) is 9.59 Å². The molecule has 4 aliphatic heterocycles. The molecule has 0 bridgehead atoms. The van der Waals surface area contributed by atoms with Crippen LogP contribution < -0.4 is 20.3 Å². The number of hydrogen-bond acceptors (Lipinski definition) is 10. The standard InChI is InChI=1S/C45H48ClN7O7/c1-44(2)42(45(3,4)43(44)60-31-11-9-28(25-47)34(46)24-31)49-37(55)26-5-7-27(8-6-26)39(57)52-21-19-51(20-22-52)29-15-17-50(18-16-29)30-10-12-32-33(23-30)41(59)53(40(32)58)35-13-14-36(54)48-38(35)56/h5-12,23-24,29,35,42-43H,13-22H2,1-4H3,(H,49,55)(H,48,54,56). The van der Waals surface area contributed by atoms with Crippen molar-refractivity contribution < 1.29 is 33.5 Å². The summed E-state index contributed by atoms with van der Waals surface area (Å²) >= 11 is 6.24. The fourth-order valence-electron chi connectivity index (χ4n) is 10.2. The van der Waals surface area contributed by atoms with E-state index in [4.69, 9.17) is 16.3 Å². The maximum atomic E-state index is 13.6. The van der Waals surface area contributed by atoms with Crippen LogP contribution in [0.4, 0.5) is 5.69 Å². The molecule has 14 nitrogen and oxygen atoms in total. The Bertz CT molecular complexity index is 2310. The summed E-state index contributed by atoms with van der Waals surface area (Å²) < 4.78 is 6.35. The lowest BCUT2D eigenvalue weighted by Crippen LogP contribution is -2.74. The van der Waals surface area contributed by atoms with Crippen LogP contribution in [0.1, 0.15) is 100 Å². The van der Waals surface area contributed by atoms with Crippen LogP contribution in [0.25, 0.3) is 0 Å². The molecule has 1 aliphatic carbocycles. The summed E-state index contributed by atoms with van der Waals surface area (Å²) in [6, 6.07) is 18.3. The molecule has 5 aliphatic rings. The number of amides is 6. The zero-order valence-electron chi connectivity index (χ0n) is 34.1. The van der Waals surface area contributed by atoms with Gasteiger partial charge in [0.15, 0.2) is 0 Å². The number of fused-ring (bicyclic) bond motifs is 1. The Labute approximate surface area is 353 Å². The lowest BCUT2D eigenvalue weighted by Gasteiger charge is -2.63. The van der Waals surface area contributed by atoms with Gasteiger partial charge in [0.1, 0.15) is 24.0 Å². The van der Waals surface area contributed by atoms with Gasteiger partial charge in [-0.05, 0) is 73.9 Å². The second-order valence-corrected chi connectivity index (χ2v) is 18.0. The Kier molecular flexibility index (Phi) is 10.7. The molecule has 2 N–H and O–H groups in total. The second-order valence-electron chi connectivity index (χ2n) is 17.6. The van der Waals surface area contributed by atoms with E-state index < -0.39 is 40.5 Å². The molecular weight excluding hydrogens is 786 g/mol. The van der Waals surface area contributed by atoms with E-state index in [9.17, 15) is 34.0 Å². The molecule has 3 aromatic carbocycles. The Morgan fingerprint density at radius 3 is 2.10 bits per heavy atom. The van der Waals surface area contributed by atoms with Gasteiger partial charge in [0.05, 0.1) is 21.7 Å². The first-order chi connectivity index (χ1) is 28.6. The SMILES string of the molecule is CC1(C)C(NC(=O)c2ccc(C(=O)N3CCN(C4CCN(c5ccc6c(c5)C(=O)N(C5CCC(=O)NC5=O)C6=O)CC4)CC3)cc2)C(C)(C)C1Oc1ccc(C#N)c(Cl)c1. The fourth-order valence-corrected chi connectivity index (χ4v) is 10.4. The first-order valence-corrected chi connectivity index (χ1v) is 20.9. The van der Waals surface area contributed by atoms with E-state index in [1.54, 1.807) is 54.6 Å². The molecular formula is C45H48ClN7O7. The Hall–Kier alpha value is -5.78. The molecule has 0 spiro atoms. The van der Waals surface area contributed by atoms with Gasteiger partial charge in [0.2, 0.25) is 11.8 Å². The number of piperidine rings is 2. The smallest absolute Gasteiger partial charge is 0.262 e. The number of hydrogen-bond donors (Lipinski definition) is 2. The highest BCUT2D eigenvalue weighted by molar-refractivity contribution is 6.31. The van der Waals surface area contributed by atoms with Crippen molar-refractivity contribution in [3.63, 3.8) is 0 Å². The molecule has 1 atom stereocenters. The molecule has 6 amide bonds. The summed E-state index contributed by atoms with van der Waals surface area (Å²) in [6.07, 6.45) is 1.76. The monoisotopic (exact) mass is 833 g/mol. The third kappa shape index (κ3) is 7.28. The molecule has 312 valence electrons. The summed E-state index contributed by atoms with van der Waals surface area (Å²) in [5.41, 5.74) is 1.94. The first kappa shape index (κ1) is 41.0. The largest absolute Gasteiger partial charge is 0.489 e. The van der Waals surface area contributed by atoms with Gasteiger partial charge >= 0.3 is 0 Å². The number of carbonyl (C=O) groups is 6.